The van der Waals surface area contributed by atoms with Crippen LogP contribution in [0, 0.1) is 0 Å². The van der Waals surface area contributed by atoms with Gasteiger partial charge in [-0.05, 0) is 55.0 Å². The van der Waals surface area contributed by atoms with Crippen molar-refractivity contribution in [3.05, 3.63) is 63.6 Å². The predicted octanol–water partition coefficient (Wildman–Crippen LogP) is 6.75. The number of benzene rings is 2. The van der Waals surface area contributed by atoms with Gasteiger partial charge in [0, 0.05) is 5.69 Å². The topological polar surface area (TPSA) is 24.4 Å². The van der Waals surface area contributed by atoms with Gasteiger partial charge in [0.05, 0.1) is 21.9 Å². The van der Waals surface area contributed by atoms with Crippen LogP contribution in [0.15, 0.2) is 47.5 Å². The van der Waals surface area contributed by atoms with E-state index in [0.717, 1.165) is 17.9 Å². The largest absolute Gasteiger partial charge is 0.344 e. The Morgan fingerprint density at radius 1 is 1.04 bits per heavy atom. The van der Waals surface area contributed by atoms with Crippen molar-refractivity contribution in [2.24, 2.45) is 4.99 Å². The van der Waals surface area contributed by atoms with E-state index in [-0.39, 0.29) is 11.5 Å². The summed E-state index contributed by atoms with van der Waals surface area (Å²) < 4.78 is 0. The van der Waals surface area contributed by atoms with E-state index in [2.05, 4.69) is 57.3 Å². The van der Waals surface area contributed by atoms with Crippen molar-refractivity contribution in [2.45, 2.75) is 52.5 Å². The highest BCUT2D eigenvalue weighted by molar-refractivity contribution is 6.42. The molecule has 2 nitrogen and oxygen atoms in total. The van der Waals surface area contributed by atoms with Crippen LogP contribution in [0.2, 0.25) is 10.0 Å². The van der Waals surface area contributed by atoms with Gasteiger partial charge in [-0.25, -0.2) is 0 Å². The number of hydrogen-bond acceptors (Lipinski definition) is 1. The zero-order valence-corrected chi connectivity index (χ0v) is 17.0. The standard InChI is InChI=1S/C21H26Cl2N2/c1-14(12-16-6-8-17(9-7-16)21(3,4)5)24-15(2)25-18-10-11-19(22)20(23)13-18/h6-11,13-14H,12H2,1-5H3,(H,24,25). The molecule has 25 heavy (non-hydrogen) atoms. The molecule has 0 aliphatic rings. The Morgan fingerprint density at radius 3 is 2.24 bits per heavy atom. The van der Waals surface area contributed by atoms with Gasteiger partial charge in [-0.15, -0.1) is 0 Å². The lowest BCUT2D eigenvalue weighted by Crippen LogP contribution is -2.14. The van der Waals surface area contributed by atoms with E-state index in [9.17, 15) is 0 Å². The Labute approximate surface area is 161 Å². The molecule has 1 unspecified atom stereocenters. The zero-order chi connectivity index (χ0) is 18.6. The van der Waals surface area contributed by atoms with E-state index in [1.54, 1.807) is 12.1 Å². The Balaban J connectivity index is 1.98. The molecule has 0 bridgehead atoms. The van der Waals surface area contributed by atoms with Gasteiger partial charge in [-0.3, -0.25) is 4.99 Å². The van der Waals surface area contributed by atoms with Gasteiger partial charge in [-0.1, -0.05) is 68.2 Å². The second-order valence-electron chi connectivity index (χ2n) is 7.47. The predicted molar refractivity (Wildman–Crippen MR) is 112 cm³/mol. The Hall–Kier alpha value is -1.51. The molecule has 0 amide bonds. The quantitative estimate of drug-likeness (QED) is 0.462. The Kier molecular flexibility index (Phi) is 6.53. The maximum absolute atomic E-state index is 6.04. The minimum Gasteiger partial charge on any atom is -0.344 e. The summed E-state index contributed by atoms with van der Waals surface area (Å²) in [4.78, 5) is 4.72. The molecule has 0 saturated heterocycles. The van der Waals surface area contributed by atoms with Crippen LogP contribution in [0.4, 0.5) is 5.69 Å². The van der Waals surface area contributed by atoms with Crippen LogP contribution in [0.25, 0.3) is 0 Å². The van der Waals surface area contributed by atoms with E-state index < -0.39 is 0 Å². The van der Waals surface area contributed by atoms with Gasteiger partial charge >= 0.3 is 0 Å². The maximum Gasteiger partial charge on any atom is 0.0978 e. The number of rotatable bonds is 4. The highest BCUT2D eigenvalue weighted by Gasteiger charge is 2.13. The molecule has 0 aliphatic carbocycles. The average Bonchev–Trinajstić information content (AvgIpc) is 2.50. The van der Waals surface area contributed by atoms with Gasteiger partial charge in [0.25, 0.3) is 0 Å². The Bertz CT molecular complexity index is 743. The molecule has 2 aromatic carbocycles. The molecule has 1 N–H and O–H groups in total. The molecule has 2 rings (SSSR count). The smallest absolute Gasteiger partial charge is 0.0978 e. The van der Waals surface area contributed by atoms with Crippen molar-refractivity contribution in [1.29, 1.82) is 0 Å². The molecule has 0 aliphatic heterocycles. The van der Waals surface area contributed by atoms with Crippen LogP contribution < -0.4 is 5.32 Å². The summed E-state index contributed by atoms with van der Waals surface area (Å²) in [7, 11) is 0. The molecule has 1 atom stereocenters. The molecule has 0 heterocycles. The van der Waals surface area contributed by atoms with Crippen molar-refractivity contribution in [1.82, 2.24) is 0 Å². The SMILES string of the molecule is CC(=NC(C)Cc1ccc(C(C)(C)C)cc1)Nc1ccc(Cl)c(Cl)c1. The fraction of sp³-hybridized carbons (Fsp3) is 0.381. The summed E-state index contributed by atoms with van der Waals surface area (Å²) in [6.45, 7) is 10.8. The number of amidine groups is 1. The number of anilines is 1. The number of aliphatic imine (C=N–C) groups is 1. The van der Waals surface area contributed by atoms with Gasteiger partial charge in [0.2, 0.25) is 0 Å². The van der Waals surface area contributed by atoms with Crippen LogP contribution in [-0.2, 0) is 11.8 Å². The zero-order valence-electron chi connectivity index (χ0n) is 15.5. The second-order valence-corrected chi connectivity index (χ2v) is 8.28. The third-order valence-electron chi connectivity index (χ3n) is 4.01. The van der Waals surface area contributed by atoms with Crippen molar-refractivity contribution in [3.8, 4) is 0 Å². The third kappa shape index (κ3) is 6.05. The van der Waals surface area contributed by atoms with Crippen LogP contribution in [0.5, 0.6) is 0 Å². The van der Waals surface area contributed by atoms with Gasteiger partial charge in [-0.2, -0.15) is 0 Å². The lowest BCUT2D eigenvalue weighted by molar-refractivity contribution is 0.589. The van der Waals surface area contributed by atoms with Crippen LogP contribution in [0.3, 0.4) is 0 Å². The fourth-order valence-corrected chi connectivity index (χ4v) is 2.97. The summed E-state index contributed by atoms with van der Waals surface area (Å²) in [6.07, 6.45) is 0.908. The summed E-state index contributed by atoms with van der Waals surface area (Å²) >= 11 is 12.0. The van der Waals surface area contributed by atoms with Gasteiger partial charge < -0.3 is 5.32 Å². The Morgan fingerprint density at radius 2 is 1.68 bits per heavy atom. The highest BCUT2D eigenvalue weighted by atomic mass is 35.5. The lowest BCUT2D eigenvalue weighted by atomic mass is 9.86. The van der Waals surface area contributed by atoms with Gasteiger partial charge in [0.15, 0.2) is 0 Å². The number of halogens is 2. The summed E-state index contributed by atoms with van der Waals surface area (Å²) in [5.41, 5.74) is 3.72. The minimum absolute atomic E-state index is 0.183. The van der Waals surface area contributed by atoms with Crippen molar-refractivity contribution < 1.29 is 0 Å². The minimum atomic E-state index is 0.183. The highest BCUT2D eigenvalue weighted by Crippen LogP contribution is 2.25. The molecule has 134 valence electrons. The normalized spacial score (nSPS) is 13.6. The number of nitrogens with one attached hydrogen (secondary N) is 1. The van der Waals surface area contributed by atoms with E-state index in [1.807, 2.05) is 13.0 Å². The molecular weight excluding hydrogens is 351 g/mol. The average molecular weight is 377 g/mol. The van der Waals surface area contributed by atoms with E-state index in [1.165, 1.54) is 11.1 Å². The molecule has 0 aromatic heterocycles. The first-order valence-corrected chi connectivity index (χ1v) is 9.26. The van der Waals surface area contributed by atoms with Crippen molar-refractivity contribution in [2.75, 3.05) is 5.32 Å². The van der Waals surface area contributed by atoms with Crippen LogP contribution in [-0.4, -0.2) is 11.9 Å². The molecule has 2 aromatic rings. The molecule has 0 radical (unpaired) electrons. The monoisotopic (exact) mass is 376 g/mol. The summed E-state index contributed by atoms with van der Waals surface area (Å²) in [5.74, 6) is 0.859. The molecule has 0 fully saturated rings. The first kappa shape index (κ1) is 19.8. The first-order valence-electron chi connectivity index (χ1n) is 8.51. The first-order chi connectivity index (χ1) is 11.6. The van der Waals surface area contributed by atoms with Gasteiger partial charge in [0.1, 0.15) is 0 Å². The number of hydrogen-bond donors (Lipinski definition) is 1. The summed E-state index contributed by atoms with van der Waals surface area (Å²) in [5, 5.41) is 4.35. The fourth-order valence-electron chi connectivity index (χ4n) is 2.67. The lowest BCUT2D eigenvalue weighted by Gasteiger charge is -2.19. The molecule has 0 saturated carbocycles. The van der Waals surface area contributed by atoms with E-state index in [4.69, 9.17) is 28.2 Å². The molecule has 4 heteroatoms. The van der Waals surface area contributed by atoms with E-state index >= 15 is 0 Å². The van der Waals surface area contributed by atoms with Crippen molar-refractivity contribution >= 4 is 34.7 Å². The van der Waals surface area contributed by atoms with Crippen molar-refractivity contribution in [3.63, 3.8) is 0 Å². The van der Waals surface area contributed by atoms with Crippen LogP contribution in [0.1, 0.15) is 45.7 Å². The maximum atomic E-state index is 6.04. The summed E-state index contributed by atoms with van der Waals surface area (Å²) in [6, 6.07) is 14.5. The number of nitrogens with zero attached hydrogens (tertiary/aromatic N) is 1. The van der Waals surface area contributed by atoms with Crippen LogP contribution >= 0.6 is 23.2 Å². The third-order valence-corrected chi connectivity index (χ3v) is 4.75. The molecular formula is C21H26Cl2N2. The van der Waals surface area contributed by atoms with E-state index in [0.29, 0.717) is 10.0 Å². The molecule has 0 spiro atoms. The second kappa shape index (κ2) is 8.25.